The van der Waals surface area contributed by atoms with Crippen molar-refractivity contribution in [2.75, 3.05) is 0 Å². The lowest BCUT2D eigenvalue weighted by molar-refractivity contribution is 0.717. The first-order valence-electron chi connectivity index (χ1n) is 4.80. The summed E-state index contributed by atoms with van der Waals surface area (Å²) in [4.78, 5) is 0. The predicted octanol–water partition coefficient (Wildman–Crippen LogP) is 3.46. The minimum Gasteiger partial charge on any atom is -0.349 e. The molecule has 0 radical (unpaired) electrons. The van der Waals surface area contributed by atoms with Gasteiger partial charge in [0.2, 0.25) is 0 Å². The highest BCUT2D eigenvalue weighted by Gasteiger charge is 2.01. The van der Waals surface area contributed by atoms with E-state index in [9.17, 15) is 0 Å². The summed E-state index contributed by atoms with van der Waals surface area (Å²) >= 11 is 0. The SMILES string of the molecule is CC.CCn1c(C)cc(C)c1C. The fourth-order valence-electron chi connectivity index (χ4n) is 1.46. The van der Waals surface area contributed by atoms with Crippen molar-refractivity contribution in [2.45, 2.75) is 48.1 Å². The molecule has 0 bridgehead atoms. The van der Waals surface area contributed by atoms with Gasteiger partial charge in [-0.05, 0) is 39.3 Å². The Balaban J connectivity index is 0.000000561. The summed E-state index contributed by atoms with van der Waals surface area (Å²) in [6.07, 6.45) is 0. The van der Waals surface area contributed by atoms with E-state index in [1.807, 2.05) is 13.8 Å². The van der Waals surface area contributed by atoms with Gasteiger partial charge >= 0.3 is 0 Å². The Morgan fingerprint density at radius 3 is 1.83 bits per heavy atom. The maximum absolute atomic E-state index is 2.33. The van der Waals surface area contributed by atoms with Gasteiger partial charge in [0, 0.05) is 17.9 Å². The quantitative estimate of drug-likeness (QED) is 0.603. The lowest BCUT2D eigenvalue weighted by atomic mass is 10.3. The van der Waals surface area contributed by atoms with Crippen molar-refractivity contribution in [2.24, 2.45) is 0 Å². The van der Waals surface area contributed by atoms with Gasteiger partial charge in [0.1, 0.15) is 0 Å². The van der Waals surface area contributed by atoms with Gasteiger partial charge in [-0.2, -0.15) is 0 Å². The van der Waals surface area contributed by atoms with E-state index < -0.39 is 0 Å². The normalized spacial score (nSPS) is 9.17. The molecule has 0 aliphatic heterocycles. The lowest BCUT2D eigenvalue weighted by Crippen LogP contribution is -1.98. The summed E-state index contributed by atoms with van der Waals surface area (Å²) in [6, 6.07) is 2.23. The van der Waals surface area contributed by atoms with Crippen LogP contribution in [0.1, 0.15) is 37.7 Å². The van der Waals surface area contributed by atoms with E-state index in [4.69, 9.17) is 0 Å². The fourth-order valence-corrected chi connectivity index (χ4v) is 1.46. The number of nitrogens with zero attached hydrogens (tertiary/aromatic N) is 1. The van der Waals surface area contributed by atoms with Crippen LogP contribution < -0.4 is 0 Å². The van der Waals surface area contributed by atoms with Crippen LogP contribution in [0.15, 0.2) is 6.07 Å². The molecule has 1 rings (SSSR count). The van der Waals surface area contributed by atoms with Crippen molar-refractivity contribution in [1.82, 2.24) is 4.57 Å². The molecule has 0 unspecified atom stereocenters. The Labute approximate surface area is 76.4 Å². The van der Waals surface area contributed by atoms with Crippen molar-refractivity contribution in [3.8, 4) is 0 Å². The molecule has 1 aromatic heterocycles. The molecule has 0 amide bonds. The van der Waals surface area contributed by atoms with E-state index in [1.165, 1.54) is 17.0 Å². The van der Waals surface area contributed by atoms with Crippen LogP contribution in [0.25, 0.3) is 0 Å². The summed E-state index contributed by atoms with van der Waals surface area (Å²) in [5.41, 5.74) is 4.18. The topological polar surface area (TPSA) is 4.93 Å². The van der Waals surface area contributed by atoms with E-state index in [1.54, 1.807) is 0 Å². The summed E-state index contributed by atoms with van der Waals surface area (Å²) in [7, 11) is 0. The van der Waals surface area contributed by atoms with Crippen LogP contribution in [0.3, 0.4) is 0 Å². The molecular weight excluding hydrogens is 146 g/mol. The Kier molecular flexibility index (Phi) is 4.72. The number of aryl methyl sites for hydroxylation is 2. The summed E-state index contributed by atoms with van der Waals surface area (Å²) in [5, 5.41) is 0. The van der Waals surface area contributed by atoms with Crippen LogP contribution in [0.4, 0.5) is 0 Å². The molecular formula is C11H21N. The van der Waals surface area contributed by atoms with Crippen LogP contribution >= 0.6 is 0 Å². The molecule has 1 aromatic rings. The highest BCUT2D eigenvalue weighted by atomic mass is 15.0. The zero-order valence-corrected chi connectivity index (χ0v) is 9.23. The van der Waals surface area contributed by atoms with Crippen LogP contribution in [0.2, 0.25) is 0 Å². The standard InChI is InChI=1S/C9H15N.C2H6/c1-5-10-8(3)6-7(2)9(10)4;1-2/h6H,5H2,1-4H3;1-2H3. The van der Waals surface area contributed by atoms with E-state index in [0.29, 0.717) is 0 Å². The number of hydrogen-bond donors (Lipinski definition) is 0. The van der Waals surface area contributed by atoms with E-state index in [0.717, 1.165) is 6.54 Å². The first kappa shape index (κ1) is 11.3. The van der Waals surface area contributed by atoms with E-state index >= 15 is 0 Å². The van der Waals surface area contributed by atoms with Gasteiger partial charge in [-0.25, -0.2) is 0 Å². The van der Waals surface area contributed by atoms with Crippen LogP contribution in [-0.4, -0.2) is 4.57 Å². The van der Waals surface area contributed by atoms with Gasteiger partial charge in [-0.1, -0.05) is 13.8 Å². The lowest BCUT2D eigenvalue weighted by Gasteiger charge is -2.03. The van der Waals surface area contributed by atoms with E-state index in [-0.39, 0.29) is 0 Å². The number of hydrogen-bond acceptors (Lipinski definition) is 0. The van der Waals surface area contributed by atoms with Gasteiger partial charge in [-0.15, -0.1) is 0 Å². The molecule has 1 nitrogen and oxygen atoms in total. The molecule has 0 aromatic carbocycles. The van der Waals surface area contributed by atoms with E-state index in [2.05, 4.69) is 38.3 Å². The second-order valence-corrected chi connectivity index (χ2v) is 2.80. The van der Waals surface area contributed by atoms with Crippen molar-refractivity contribution < 1.29 is 0 Å². The van der Waals surface area contributed by atoms with Crippen molar-refractivity contribution in [3.63, 3.8) is 0 Å². The van der Waals surface area contributed by atoms with Crippen molar-refractivity contribution in [3.05, 3.63) is 23.0 Å². The molecule has 0 N–H and O–H groups in total. The number of aromatic nitrogens is 1. The smallest absolute Gasteiger partial charge is 0.0196 e. The fraction of sp³-hybridized carbons (Fsp3) is 0.636. The summed E-state index contributed by atoms with van der Waals surface area (Å²) in [5.74, 6) is 0. The Morgan fingerprint density at radius 2 is 1.67 bits per heavy atom. The molecule has 70 valence electrons. The molecule has 0 saturated heterocycles. The largest absolute Gasteiger partial charge is 0.349 e. The van der Waals surface area contributed by atoms with Gasteiger partial charge in [0.25, 0.3) is 0 Å². The zero-order valence-electron chi connectivity index (χ0n) is 9.23. The predicted molar refractivity (Wildman–Crippen MR) is 55.7 cm³/mol. The van der Waals surface area contributed by atoms with Gasteiger partial charge in [0.15, 0.2) is 0 Å². The highest BCUT2D eigenvalue weighted by molar-refractivity contribution is 5.24. The highest BCUT2D eigenvalue weighted by Crippen LogP contribution is 2.12. The monoisotopic (exact) mass is 167 g/mol. The zero-order chi connectivity index (χ0) is 9.72. The molecule has 0 fully saturated rings. The Hall–Kier alpha value is -0.720. The molecule has 0 aliphatic carbocycles. The second kappa shape index (κ2) is 5.02. The molecule has 1 heteroatoms. The molecule has 12 heavy (non-hydrogen) atoms. The third-order valence-electron chi connectivity index (χ3n) is 2.14. The maximum Gasteiger partial charge on any atom is 0.0196 e. The van der Waals surface area contributed by atoms with Crippen molar-refractivity contribution >= 4 is 0 Å². The average Bonchev–Trinajstić information content (AvgIpc) is 2.31. The minimum absolute atomic E-state index is 1.09. The van der Waals surface area contributed by atoms with Crippen LogP contribution in [0.5, 0.6) is 0 Å². The maximum atomic E-state index is 2.33. The van der Waals surface area contributed by atoms with Crippen LogP contribution in [0, 0.1) is 20.8 Å². The molecule has 0 aliphatic rings. The average molecular weight is 167 g/mol. The molecule has 1 heterocycles. The third-order valence-corrected chi connectivity index (χ3v) is 2.14. The summed E-state index contributed by atoms with van der Waals surface area (Å²) in [6.45, 7) is 13.8. The first-order chi connectivity index (χ1) is 5.66. The van der Waals surface area contributed by atoms with Gasteiger partial charge in [0.05, 0.1) is 0 Å². The third kappa shape index (κ3) is 2.13. The number of rotatable bonds is 1. The Bertz CT molecular complexity index is 233. The minimum atomic E-state index is 1.09. The summed E-state index contributed by atoms with van der Waals surface area (Å²) < 4.78 is 2.33. The first-order valence-corrected chi connectivity index (χ1v) is 4.80. The van der Waals surface area contributed by atoms with Gasteiger partial charge in [-0.3, -0.25) is 0 Å². The Morgan fingerprint density at radius 1 is 1.17 bits per heavy atom. The molecule has 0 atom stereocenters. The van der Waals surface area contributed by atoms with Crippen LogP contribution in [-0.2, 0) is 6.54 Å². The molecule has 0 spiro atoms. The molecule has 0 saturated carbocycles. The van der Waals surface area contributed by atoms with Crippen molar-refractivity contribution in [1.29, 1.82) is 0 Å². The van der Waals surface area contributed by atoms with Gasteiger partial charge < -0.3 is 4.57 Å². The second-order valence-electron chi connectivity index (χ2n) is 2.80.